The molecule has 1 saturated heterocycles. The van der Waals surface area contributed by atoms with Gasteiger partial charge >= 0.3 is 0 Å². The van der Waals surface area contributed by atoms with E-state index < -0.39 is 0 Å². The monoisotopic (exact) mass is 115 g/mol. The summed E-state index contributed by atoms with van der Waals surface area (Å²) in [5, 5.41) is 3.88. The van der Waals surface area contributed by atoms with Crippen LogP contribution in [0.4, 0.5) is 0 Å². The Kier molecular flexibility index (Phi) is 1.77. The zero-order valence-corrected chi connectivity index (χ0v) is 5.00. The molecule has 1 rings (SSSR count). The Labute approximate surface area is 48.2 Å². The minimum Gasteiger partial charge on any atom is -0.306 e. The summed E-state index contributed by atoms with van der Waals surface area (Å²) >= 11 is 1.91. The molecule has 1 heterocycles. The van der Waals surface area contributed by atoms with Crippen molar-refractivity contribution in [2.75, 3.05) is 12.4 Å². The topological polar surface area (TPSA) is 12.0 Å². The summed E-state index contributed by atoms with van der Waals surface area (Å²) in [5.74, 6) is 1.09. The highest BCUT2D eigenvalue weighted by atomic mass is 32.2. The molecule has 0 aliphatic carbocycles. The molecule has 0 aromatic rings. The number of thioether (sulfide) groups is 1. The van der Waals surface area contributed by atoms with Crippen LogP contribution in [0.2, 0.25) is 0 Å². The van der Waals surface area contributed by atoms with Crippen molar-refractivity contribution in [3.63, 3.8) is 0 Å². The van der Waals surface area contributed by atoms with Gasteiger partial charge in [-0.25, -0.2) is 0 Å². The summed E-state index contributed by atoms with van der Waals surface area (Å²) in [6.45, 7) is 4.79. The van der Waals surface area contributed by atoms with E-state index in [1.165, 1.54) is 0 Å². The van der Waals surface area contributed by atoms with Gasteiger partial charge in [0.2, 0.25) is 0 Å². The second-order valence-electron chi connectivity index (χ2n) is 1.54. The van der Waals surface area contributed by atoms with Gasteiger partial charge in [0.1, 0.15) is 0 Å². The van der Waals surface area contributed by atoms with Gasteiger partial charge in [0, 0.05) is 17.7 Å². The molecule has 1 nitrogen and oxygen atoms in total. The van der Waals surface area contributed by atoms with E-state index in [1.54, 1.807) is 0 Å². The van der Waals surface area contributed by atoms with Crippen molar-refractivity contribution >= 4 is 11.8 Å². The second kappa shape index (κ2) is 2.38. The zero-order chi connectivity index (χ0) is 5.11. The van der Waals surface area contributed by atoms with Crippen LogP contribution < -0.4 is 5.32 Å². The third kappa shape index (κ3) is 1.21. The molecule has 1 fully saturated rings. The molecule has 40 valence electrons. The van der Waals surface area contributed by atoms with Gasteiger partial charge in [-0.3, -0.25) is 0 Å². The normalized spacial score (nSPS) is 30.6. The Hall–Kier alpha value is 0.0500. The average Bonchev–Trinajstić information content (AvgIpc) is 2.14. The lowest BCUT2D eigenvalue weighted by Crippen LogP contribution is -2.09. The largest absolute Gasteiger partial charge is 0.306 e. The number of nitrogens with one attached hydrogen (secondary N) is 1. The van der Waals surface area contributed by atoms with Crippen molar-refractivity contribution in [2.45, 2.75) is 5.25 Å². The first-order valence-electron chi connectivity index (χ1n) is 2.38. The molecule has 2 heteroatoms. The predicted molar refractivity (Wildman–Crippen MR) is 34.4 cm³/mol. The molecule has 0 spiro atoms. The van der Waals surface area contributed by atoms with E-state index in [0.29, 0.717) is 5.25 Å². The fraction of sp³-hybridized carbons (Fsp3) is 0.600. The Morgan fingerprint density at radius 1 is 1.86 bits per heavy atom. The van der Waals surface area contributed by atoms with Gasteiger partial charge in [-0.1, -0.05) is 6.08 Å². The van der Waals surface area contributed by atoms with Crippen molar-refractivity contribution in [1.29, 1.82) is 0 Å². The fourth-order valence-corrected chi connectivity index (χ4v) is 1.40. The second-order valence-corrected chi connectivity index (χ2v) is 2.77. The van der Waals surface area contributed by atoms with Crippen LogP contribution in [0.5, 0.6) is 0 Å². The lowest BCUT2D eigenvalue weighted by molar-refractivity contribution is 0.843. The Bertz CT molecular complexity index is 66.5. The predicted octanol–water partition coefficient (Wildman–Crippen LogP) is 0.835. The van der Waals surface area contributed by atoms with Gasteiger partial charge in [-0.05, 0) is 0 Å². The summed E-state index contributed by atoms with van der Waals surface area (Å²) in [7, 11) is 0. The summed E-state index contributed by atoms with van der Waals surface area (Å²) in [4.78, 5) is 0. The third-order valence-electron chi connectivity index (χ3n) is 1.01. The van der Waals surface area contributed by atoms with Crippen LogP contribution in [-0.2, 0) is 0 Å². The van der Waals surface area contributed by atoms with Crippen LogP contribution >= 0.6 is 11.8 Å². The van der Waals surface area contributed by atoms with Gasteiger partial charge in [-0.2, -0.15) is 0 Å². The number of hydrogen-bond acceptors (Lipinski definition) is 2. The molecule has 1 atom stereocenters. The van der Waals surface area contributed by atoms with E-state index in [4.69, 9.17) is 0 Å². The first-order valence-corrected chi connectivity index (χ1v) is 3.43. The van der Waals surface area contributed by atoms with Gasteiger partial charge < -0.3 is 5.32 Å². The van der Waals surface area contributed by atoms with Gasteiger partial charge in [0.15, 0.2) is 0 Å². The summed E-state index contributed by atoms with van der Waals surface area (Å²) in [5.41, 5.74) is 0. The van der Waals surface area contributed by atoms with Crippen LogP contribution in [0.15, 0.2) is 12.7 Å². The van der Waals surface area contributed by atoms with Crippen LogP contribution in [-0.4, -0.2) is 17.7 Å². The molecule has 0 radical (unpaired) electrons. The minimum absolute atomic E-state index is 0.667. The maximum absolute atomic E-state index is 3.68. The molecule has 1 unspecified atom stereocenters. The molecule has 7 heavy (non-hydrogen) atoms. The summed E-state index contributed by atoms with van der Waals surface area (Å²) in [6, 6.07) is 0. The minimum atomic E-state index is 0.667. The maximum atomic E-state index is 3.68. The Morgan fingerprint density at radius 3 is 3.00 bits per heavy atom. The maximum Gasteiger partial charge on any atom is 0.0424 e. The highest BCUT2D eigenvalue weighted by Gasteiger charge is 2.08. The highest BCUT2D eigenvalue weighted by molar-refractivity contribution is 8.00. The summed E-state index contributed by atoms with van der Waals surface area (Å²) < 4.78 is 0. The zero-order valence-electron chi connectivity index (χ0n) is 4.18. The highest BCUT2D eigenvalue weighted by Crippen LogP contribution is 2.14. The molecule has 0 amide bonds. The van der Waals surface area contributed by atoms with Crippen molar-refractivity contribution in [2.24, 2.45) is 0 Å². The Morgan fingerprint density at radius 2 is 2.71 bits per heavy atom. The van der Waals surface area contributed by atoms with Crippen molar-refractivity contribution < 1.29 is 0 Å². The Balaban J connectivity index is 2.26. The van der Waals surface area contributed by atoms with Gasteiger partial charge in [0.25, 0.3) is 0 Å². The van der Waals surface area contributed by atoms with Crippen molar-refractivity contribution in [1.82, 2.24) is 5.32 Å². The SMILES string of the molecule is C=CC1CNCS1. The van der Waals surface area contributed by atoms with Crippen LogP contribution in [0.1, 0.15) is 0 Å². The van der Waals surface area contributed by atoms with Crippen molar-refractivity contribution in [3.05, 3.63) is 12.7 Å². The first kappa shape index (κ1) is 5.19. The number of rotatable bonds is 1. The van der Waals surface area contributed by atoms with Crippen LogP contribution in [0.3, 0.4) is 0 Å². The lowest BCUT2D eigenvalue weighted by Gasteiger charge is -1.93. The van der Waals surface area contributed by atoms with E-state index in [0.717, 1.165) is 12.4 Å². The van der Waals surface area contributed by atoms with E-state index in [9.17, 15) is 0 Å². The fourth-order valence-electron chi connectivity index (χ4n) is 0.577. The molecule has 0 saturated carbocycles. The van der Waals surface area contributed by atoms with E-state index >= 15 is 0 Å². The van der Waals surface area contributed by atoms with E-state index in [1.807, 2.05) is 17.8 Å². The van der Waals surface area contributed by atoms with Crippen molar-refractivity contribution in [3.8, 4) is 0 Å². The third-order valence-corrected chi connectivity index (χ3v) is 2.17. The molecular formula is C5H9NS. The quantitative estimate of drug-likeness (QED) is 0.508. The molecule has 1 aliphatic rings. The molecule has 1 N–H and O–H groups in total. The van der Waals surface area contributed by atoms with Crippen LogP contribution in [0.25, 0.3) is 0 Å². The molecule has 1 aliphatic heterocycles. The average molecular weight is 115 g/mol. The lowest BCUT2D eigenvalue weighted by atomic mass is 10.4. The van der Waals surface area contributed by atoms with Gasteiger partial charge in [0.05, 0.1) is 0 Å². The van der Waals surface area contributed by atoms with Gasteiger partial charge in [-0.15, -0.1) is 18.3 Å². The molecule has 0 bridgehead atoms. The smallest absolute Gasteiger partial charge is 0.0424 e. The number of hydrogen-bond donors (Lipinski definition) is 1. The van der Waals surface area contributed by atoms with E-state index in [2.05, 4.69) is 11.9 Å². The van der Waals surface area contributed by atoms with Crippen LogP contribution in [0, 0.1) is 0 Å². The molecule has 0 aromatic carbocycles. The standard InChI is InChI=1S/C5H9NS/c1-2-5-3-6-4-7-5/h2,5-6H,1,3-4H2. The van der Waals surface area contributed by atoms with E-state index in [-0.39, 0.29) is 0 Å². The molecule has 0 aromatic heterocycles. The molecular weight excluding hydrogens is 106 g/mol. The first-order chi connectivity index (χ1) is 3.43. The summed E-state index contributed by atoms with van der Waals surface area (Å²) in [6.07, 6.45) is 1.99.